The standard InChI is InChI=1S/C14H20N2O3/c1-15-9-10-5-2-3-8-16(10)14(19)11-6-4-7-12(17)13(11)18/h4,6-7,10,15,17-18H,2-3,5,8-9H2,1H3. The zero-order valence-electron chi connectivity index (χ0n) is 11.1. The minimum absolute atomic E-state index is 0.146. The third kappa shape index (κ3) is 2.81. The van der Waals surface area contributed by atoms with Gasteiger partial charge in [0.05, 0.1) is 5.56 Å². The van der Waals surface area contributed by atoms with Crippen LogP contribution in [0.2, 0.25) is 0 Å². The molecule has 0 bridgehead atoms. The van der Waals surface area contributed by atoms with E-state index in [4.69, 9.17) is 0 Å². The number of carbonyl (C=O) groups excluding carboxylic acids is 1. The number of hydrogen-bond acceptors (Lipinski definition) is 4. The van der Waals surface area contributed by atoms with Gasteiger partial charge in [-0.05, 0) is 38.4 Å². The molecule has 3 N–H and O–H groups in total. The molecule has 19 heavy (non-hydrogen) atoms. The van der Waals surface area contributed by atoms with Crippen LogP contribution in [0.15, 0.2) is 18.2 Å². The van der Waals surface area contributed by atoms with Crippen molar-refractivity contribution in [1.82, 2.24) is 10.2 Å². The van der Waals surface area contributed by atoms with Crippen LogP contribution < -0.4 is 5.32 Å². The van der Waals surface area contributed by atoms with Crippen molar-refractivity contribution in [2.45, 2.75) is 25.3 Å². The van der Waals surface area contributed by atoms with E-state index in [1.807, 2.05) is 7.05 Å². The average molecular weight is 264 g/mol. The SMILES string of the molecule is CNCC1CCCCN1C(=O)c1cccc(O)c1O. The molecule has 1 saturated heterocycles. The fraction of sp³-hybridized carbons (Fsp3) is 0.500. The molecule has 1 aromatic rings. The number of nitrogens with zero attached hydrogens (tertiary/aromatic N) is 1. The molecular weight excluding hydrogens is 244 g/mol. The van der Waals surface area contributed by atoms with Crippen molar-refractivity contribution < 1.29 is 15.0 Å². The molecule has 1 aromatic carbocycles. The van der Waals surface area contributed by atoms with E-state index < -0.39 is 0 Å². The van der Waals surface area contributed by atoms with Crippen LogP contribution in [0.3, 0.4) is 0 Å². The molecular formula is C14H20N2O3. The van der Waals surface area contributed by atoms with E-state index in [2.05, 4.69) is 5.32 Å². The van der Waals surface area contributed by atoms with E-state index in [-0.39, 0.29) is 29.0 Å². The average Bonchev–Trinajstić information content (AvgIpc) is 2.42. The van der Waals surface area contributed by atoms with E-state index >= 15 is 0 Å². The van der Waals surface area contributed by atoms with Crippen molar-refractivity contribution in [3.63, 3.8) is 0 Å². The van der Waals surface area contributed by atoms with Gasteiger partial charge in [0.2, 0.25) is 0 Å². The summed E-state index contributed by atoms with van der Waals surface area (Å²) in [6.07, 6.45) is 3.06. The van der Waals surface area contributed by atoms with Crippen molar-refractivity contribution in [1.29, 1.82) is 0 Å². The number of piperidine rings is 1. The Kier molecular flexibility index (Phi) is 4.27. The van der Waals surface area contributed by atoms with E-state index in [0.717, 1.165) is 25.8 Å². The van der Waals surface area contributed by atoms with Gasteiger partial charge in [-0.25, -0.2) is 0 Å². The molecule has 0 spiro atoms. The van der Waals surface area contributed by atoms with E-state index in [9.17, 15) is 15.0 Å². The number of aromatic hydroxyl groups is 2. The molecule has 1 heterocycles. The van der Waals surface area contributed by atoms with Crippen LogP contribution in [-0.4, -0.2) is 47.2 Å². The third-order valence-corrected chi connectivity index (χ3v) is 3.57. The van der Waals surface area contributed by atoms with Gasteiger partial charge < -0.3 is 20.4 Å². The Morgan fingerprint density at radius 2 is 2.21 bits per heavy atom. The smallest absolute Gasteiger partial charge is 0.258 e. The lowest BCUT2D eigenvalue weighted by Crippen LogP contribution is -2.48. The topological polar surface area (TPSA) is 72.8 Å². The van der Waals surface area contributed by atoms with Crippen LogP contribution in [0.5, 0.6) is 11.5 Å². The minimum Gasteiger partial charge on any atom is -0.504 e. The van der Waals surface area contributed by atoms with Crippen LogP contribution in [0, 0.1) is 0 Å². The summed E-state index contributed by atoms with van der Waals surface area (Å²) in [7, 11) is 1.86. The molecule has 0 saturated carbocycles. The van der Waals surface area contributed by atoms with Crippen LogP contribution in [0.1, 0.15) is 29.6 Å². The first kappa shape index (κ1) is 13.7. The van der Waals surface area contributed by atoms with Crippen molar-refractivity contribution in [2.75, 3.05) is 20.1 Å². The quantitative estimate of drug-likeness (QED) is 0.720. The molecule has 0 radical (unpaired) electrons. The number of amides is 1. The third-order valence-electron chi connectivity index (χ3n) is 3.57. The largest absolute Gasteiger partial charge is 0.504 e. The van der Waals surface area contributed by atoms with Gasteiger partial charge in [-0.3, -0.25) is 4.79 Å². The number of nitrogens with one attached hydrogen (secondary N) is 1. The Morgan fingerprint density at radius 3 is 2.95 bits per heavy atom. The summed E-state index contributed by atoms with van der Waals surface area (Å²) in [5.41, 5.74) is 0.169. The maximum atomic E-state index is 12.5. The lowest BCUT2D eigenvalue weighted by Gasteiger charge is -2.36. The van der Waals surface area contributed by atoms with Crippen molar-refractivity contribution >= 4 is 5.91 Å². The highest BCUT2D eigenvalue weighted by Crippen LogP contribution is 2.30. The molecule has 104 valence electrons. The molecule has 1 amide bonds. The molecule has 5 heteroatoms. The van der Waals surface area contributed by atoms with Gasteiger partial charge in [0.1, 0.15) is 0 Å². The monoisotopic (exact) mass is 264 g/mol. The van der Waals surface area contributed by atoms with Gasteiger partial charge in [0.25, 0.3) is 5.91 Å². The molecule has 1 aliphatic rings. The highest BCUT2D eigenvalue weighted by atomic mass is 16.3. The van der Waals surface area contributed by atoms with Gasteiger partial charge >= 0.3 is 0 Å². The predicted molar refractivity (Wildman–Crippen MR) is 72.4 cm³/mol. The number of phenols is 2. The number of carbonyl (C=O) groups is 1. The van der Waals surface area contributed by atoms with Gasteiger partial charge in [-0.1, -0.05) is 6.07 Å². The highest BCUT2D eigenvalue weighted by Gasteiger charge is 2.28. The van der Waals surface area contributed by atoms with Gasteiger partial charge in [-0.2, -0.15) is 0 Å². The summed E-state index contributed by atoms with van der Waals surface area (Å²) in [4.78, 5) is 14.3. The zero-order chi connectivity index (χ0) is 13.8. The molecule has 2 rings (SSSR count). The van der Waals surface area contributed by atoms with Crippen LogP contribution in [0.25, 0.3) is 0 Å². The van der Waals surface area contributed by atoms with Crippen molar-refractivity contribution in [3.05, 3.63) is 23.8 Å². The van der Waals surface area contributed by atoms with Crippen LogP contribution >= 0.6 is 0 Å². The van der Waals surface area contributed by atoms with E-state index in [1.54, 1.807) is 17.0 Å². The molecule has 0 aromatic heterocycles. The maximum Gasteiger partial charge on any atom is 0.258 e. The van der Waals surface area contributed by atoms with E-state index in [0.29, 0.717) is 6.54 Å². The Bertz CT molecular complexity index is 460. The van der Waals surface area contributed by atoms with Crippen molar-refractivity contribution in [2.24, 2.45) is 0 Å². The fourth-order valence-electron chi connectivity index (χ4n) is 2.57. The number of rotatable bonds is 3. The fourth-order valence-corrected chi connectivity index (χ4v) is 2.57. The first-order chi connectivity index (χ1) is 9.15. The lowest BCUT2D eigenvalue weighted by atomic mass is 10.0. The van der Waals surface area contributed by atoms with Gasteiger partial charge in [-0.15, -0.1) is 0 Å². The van der Waals surface area contributed by atoms with Crippen molar-refractivity contribution in [3.8, 4) is 11.5 Å². The summed E-state index contributed by atoms with van der Waals surface area (Å²) < 4.78 is 0. The van der Waals surface area contributed by atoms with Crippen LogP contribution in [0.4, 0.5) is 0 Å². The maximum absolute atomic E-state index is 12.5. The highest BCUT2D eigenvalue weighted by molar-refractivity contribution is 5.97. The predicted octanol–water partition coefficient (Wildman–Crippen LogP) is 1.31. The molecule has 1 fully saturated rings. The molecule has 1 atom stereocenters. The first-order valence-electron chi connectivity index (χ1n) is 6.61. The normalized spacial score (nSPS) is 19.4. The molecule has 0 aliphatic carbocycles. The Labute approximate surface area is 112 Å². The summed E-state index contributed by atoms with van der Waals surface area (Å²) in [5.74, 6) is -0.803. The number of phenolic OH excluding ortho intramolecular Hbond substituents is 2. The number of likely N-dealkylation sites (N-methyl/N-ethyl adjacent to an activating group) is 1. The van der Waals surface area contributed by atoms with E-state index in [1.165, 1.54) is 6.07 Å². The summed E-state index contributed by atoms with van der Waals surface area (Å²) in [5, 5.41) is 22.4. The second kappa shape index (κ2) is 5.93. The summed E-state index contributed by atoms with van der Waals surface area (Å²) >= 11 is 0. The first-order valence-corrected chi connectivity index (χ1v) is 6.61. The second-order valence-corrected chi connectivity index (χ2v) is 4.88. The Balaban J connectivity index is 2.23. The Morgan fingerprint density at radius 1 is 1.42 bits per heavy atom. The second-order valence-electron chi connectivity index (χ2n) is 4.88. The summed E-state index contributed by atoms with van der Waals surface area (Å²) in [6, 6.07) is 4.63. The number of hydrogen-bond donors (Lipinski definition) is 3. The van der Waals surface area contributed by atoms with Crippen LogP contribution in [-0.2, 0) is 0 Å². The zero-order valence-corrected chi connectivity index (χ0v) is 11.1. The minimum atomic E-state index is -0.332. The molecule has 1 unspecified atom stereocenters. The lowest BCUT2D eigenvalue weighted by molar-refractivity contribution is 0.0611. The van der Waals surface area contributed by atoms with Gasteiger partial charge in [0.15, 0.2) is 11.5 Å². The Hall–Kier alpha value is -1.75. The number of likely N-dealkylation sites (tertiary alicyclic amines) is 1. The molecule has 1 aliphatic heterocycles. The molecule has 5 nitrogen and oxygen atoms in total. The number of benzene rings is 1. The summed E-state index contributed by atoms with van der Waals surface area (Å²) in [6.45, 7) is 1.44. The number of para-hydroxylation sites is 1. The van der Waals surface area contributed by atoms with Gasteiger partial charge in [0, 0.05) is 19.1 Å².